The molecule has 1 fully saturated rings. The van der Waals surface area contributed by atoms with Gasteiger partial charge in [0.2, 0.25) is 5.91 Å². The van der Waals surface area contributed by atoms with Crippen LogP contribution in [-0.4, -0.2) is 41.7 Å². The Hall–Kier alpha value is -1.46. The maximum Gasteiger partial charge on any atom is 0.241 e. The van der Waals surface area contributed by atoms with Gasteiger partial charge in [-0.2, -0.15) is 0 Å². The first-order valence-electron chi connectivity index (χ1n) is 7.92. The summed E-state index contributed by atoms with van der Waals surface area (Å²) in [6.45, 7) is 2.52. The maximum atomic E-state index is 13.1. The van der Waals surface area contributed by atoms with E-state index in [2.05, 4.69) is 5.32 Å². The van der Waals surface area contributed by atoms with Crippen LogP contribution < -0.4 is 5.32 Å². The minimum absolute atomic E-state index is 0.168. The van der Waals surface area contributed by atoms with Crippen molar-refractivity contribution in [2.75, 3.05) is 18.9 Å². The van der Waals surface area contributed by atoms with E-state index in [-0.39, 0.29) is 29.8 Å². The minimum atomic E-state index is -0.371. The molecule has 2 rings (SSSR count). The molecule has 1 amide bonds. The van der Waals surface area contributed by atoms with E-state index in [1.54, 1.807) is 12.1 Å². The highest BCUT2D eigenvalue weighted by Crippen LogP contribution is 2.25. The molecule has 0 saturated heterocycles. The molecule has 1 saturated carbocycles. The molecule has 122 valence electrons. The summed E-state index contributed by atoms with van der Waals surface area (Å²) >= 11 is 0. The smallest absolute Gasteiger partial charge is 0.241 e. The summed E-state index contributed by atoms with van der Waals surface area (Å²) in [5.74, 6) is -0.314. The molecule has 1 aromatic carbocycles. The summed E-state index contributed by atoms with van der Waals surface area (Å²) in [7, 11) is 1.89. The number of nitrogens with one attached hydrogen (secondary N) is 1. The van der Waals surface area contributed by atoms with E-state index in [1.807, 2.05) is 18.9 Å². The molecule has 1 aromatic rings. The summed E-state index contributed by atoms with van der Waals surface area (Å²) in [6.07, 6.45) is 3.80. The van der Waals surface area contributed by atoms with Gasteiger partial charge in [0, 0.05) is 12.2 Å². The van der Waals surface area contributed by atoms with E-state index in [1.165, 1.54) is 12.1 Å². The SMILES string of the molecule is CC(C(=O)Nc1cccc(F)c1)N(C)CC1CCCCC1O. The number of hydrogen-bond donors (Lipinski definition) is 2. The van der Waals surface area contributed by atoms with Crippen LogP contribution in [0.5, 0.6) is 0 Å². The average Bonchev–Trinajstić information content (AvgIpc) is 2.48. The Morgan fingerprint density at radius 3 is 2.86 bits per heavy atom. The van der Waals surface area contributed by atoms with Crippen LogP contribution in [0.15, 0.2) is 24.3 Å². The lowest BCUT2D eigenvalue weighted by Crippen LogP contribution is -2.44. The van der Waals surface area contributed by atoms with E-state index in [0.29, 0.717) is 12.2 Å². The number of benzene rings is 1. The molecule has 0 aliphatic heterocycles. The second-order valence-electron chi connectivity index (χ2n) is 6.23. The van der Waals surface area contributed by atoms with Crippen LogP contribution in [0, 0.1) is 11.7 Å². The predicted octanol–water partition coefficient (Wildman–Crippen LogP) is 2.64. The topological polar surface area (TPSA) is 52.6 Å². The van der Waals surface area contributed by atoms with Crippen LogP contribution >= 0.6 is 0 Å². The number of aliphatic hydroxyl groups is 1. The molecule has 3 atom stereocenters. The van der Waals surface area contributed by atoms with Crippen LogP contribution in [0.4, 0.5) is 10.1 Å². The number of aliphatic hydroxyl groups excluding tert-OH is 1. The Morgan fingerprint density at radius 1 is 1.45 bits per heavy atom. The standard InChI is InChI=1S/C17H25FN2O2/c1-12(17(22)19-15-8-5-7-14(18)10-15)20(2)11-13-6-3-4-9-16(13)21/h5,7-8,10,12-13,16,21H,3-4,6,9,11H2,1-2H3,(H,19,22). The summed E-state index contributed by atoms with van der Waals surface area (Å²) in [4.78, 5) is 14.2. The third-order valence-corrected chi connectivity index (χ3v) is 4.52. The molecule has 1 aliphatic carbocycles. The molecule has 0 aromatic heterocycles. The fraction of sp³-hybridized carbons (Fsp3) is 0.588. The summed E-state index contributed by atoms with van der Waals surface area (Å²) in [5.41, 5.74) is 0.461. The van der Waals surface area contributed by atoms with Crippen molar-refractivity contribution in [2.24, 2.45) is 5.92 Å². The molecular formula is C17H25FN2O2. The van der Waals surface area contributed by atoms with Crippen molar-refractivity contribution >= 4 is 11.6 Å². The third kappa shape index (κ3) is 4.52. The highest BCUT2D eigenvalue weighted by atomic mass is 19.1. The van der Waals surface area contributed by atoms with Crippen LogP contribution in [-0.2, 0) is 4.79 Å². The van der Waals surface area contributed by atoms with Crippen molar-refractivity contribution in [3.8, 4) is 0 Å². The molecule has 1 aliphatic rings. The van der Waals surface area contributed by atoms with Gasteiger partial charge in [0.25, 0.3) is 0 Å². The maximum absolute atomic E-state index is 13.1. The van der Waals surface area contributed by atoms with Gasteiger partial charge < -0.3 is 10.4 Å². The Morgan fingerprint density at radius 2 is 2.18 bits per heavy atom. The zero-order valence-electron chi connectivity index (χ0n) is 13.3. The second kappa shape index (κ2) is 7.70. The molecule has 3 unspecified atom stereocenters. The van der Waals surface area contributed by atoms with Gasteiger partial charge >= 0.3 is 0 Å². The van der Waals surface area contributed by atoms with Gasteiger partial charge in [0.15, 0.2) is 0 Å². The van der Waals surface area contributed by atoms with Gasteiger partial charge in [-0.15, -0.1) is 0 Å². The van der Waals surface area contributed by atoms with Gasteiger partial charge in [-0.1, -0.05) is 18.9 Å². The summed E-state index contributed by atoms with van der Waals surface area (Å²) < 4.78 is 13.1. The van der Waals surface area contributed by atoms with Crippen LogP contribution in [0.3, 0.4) is 0 Å². The molecule has 5 heteroatoms. The largest absolute Gasteiger partial charge is 0.393 e. The number of nitrogens with zero attached hydrogens (tertiary/aromatic N) is 1. The molecular weight excluding hydrogens is 283 g/mol. The van der Waals surface area contributed by atoms with E-state index < -0.39 is 0 Å². The van der Waals surface area contributed by atoms with Gasteiger partial charge in [-0.25, -0.2) is 4.39 Å². The fourth-order valence-corrected chi connectivity index (χ4v) is 2.94. The van der Waals surface area contributed by atoms with Gasteiger partial charge in [-0.3, -0.25) is 9.69 Å². The lowest BCUT2D eigenvalue weighted by molar-refractivity contribution is -0.120. The molecule has 22 heavy (non-hydrogen) atoms. The van der Waals surface area contributed by atoms with E-state index in [4.69, 9.17) is 0 Å². The van der Waals surface area contributed by atoms with Crippen LogP contribution in [0.25, 0.3) is 0 Å². The molecule has 4 nitrogen and oxygen atoms in total. The lowest BCUT2D eigenvalue weighted by Gasteiger charge is -2.33. The molecule has 2 N–H and O–H groups in total. The zero-order valence-corrected chi connectivity index (χ0v) is 13.3. The second-order valence-corrected chi connectivity index (χ2v) is 6.23. The summed E-state index contributed by atoms with van der Waals surface area (Å²) in [5, 5.41) is 12.8. The molecule has 0 bridgehead atoms. The van der Waals surface area contributed by atoms with Crippen molar-refractivity contribution in [1.29, 1.82) is 0 Å². The third-order valence-electron chi connectivity index (χ3n) is 4.52. The summed E-state index contributed by atoms with van der Waals surface area (Å²) in [6, 6.07) is 5.54. The Balaban J connectivity index is 1.89. The Labute approximate surface area is 131 Å². The molecule has 0 radical (unpaired) electrons. The zero-order chi connectivity index (χ0) is 16.1. The van der Waals surface area contributed by atoms with E-state index in [0.717, 1.165) is 25.7 Å². The first-order valence-corrected chi connectivity index (χ1v) is 7.92. The highest BCUT2D eigenvalue weighted by Gasteiger charge is 2.27. The van der Waals surface area contributed by atoms with Gasteiger partial charge in [-0.05, 0) is 50.9 Å². The number of amides is 1. The van der Waals surface area contributed by atoms with Crippen molar-refractivity contribution in [3.63, 3.8) is 0 Å². The number of anilines is 1. The van der Waals surface area contributed by atoms with Crippen molar-refractivity contribution in [1.82, 2.24) is 4.90 Å². The first kappa shape index (κ1) is 16.9. The molecule has 0 heterocycles. The quantitative estimate of drug-likeness (QED) is 0.879. The van der Waals surface area contributed by atoms with Gasteiger partial charge in [0.1, 0.15) is 5.82 Å². The number of halogens is 1. The fourth-order valence-electron chi connectivity index (χ4n) is 2.94. The molecule has 0 spiro atoms. The predicted molar refractivity (Wildman–Crippen MR) is 85.1 cm³/mol. The first-order chi connectivity index (χ1) is 10.5. The Bertz CT molecular complexity index is 509. The number of rotatable bonds is 5. The number of likely N-dealkylation sites (N-methyl/N-ethyl adjacent to an activating group) is 1. The highest BCUT2D eigenvalue weighted by molar-refractivity contribution is 5.94. The van der Waals surface area contributed by atoms with Crippen molar-refractivity contribution < 1.29 is 14.3 Å². The average molecular weight is 308 g/mol. The van der Waals surface area contributed by atoms with E-state index in [9.17, 15) is 14.3 Å². The minimum Gasteiger partial charge on any atom is -0.393 e. The lowest BCUT2D eigenvalue weighted by atomic mass is 9.86. The van der Waals surface area contributed by atoms with Crippen LogP contribution in [0.1, 0.15) is 32.6 Å². The normalized spacial score (nSPS) is 23.3. The van der Waals surface area contributed by atoms with Gasteiger partial charge in [0.05, 0.1) is 12.1 Å². The van der Waals surface area contributed by atoms with Crippen molar-refractivity contribution in [3.05, 3.63) is 30.1 Å². The van der Waals surface area contributed by atoms with Crippen LogP contribution in [0.2, 0.25) is 0 Å². The number of carbonyl (C=O) groups excluding carboxylic acids is 1. The number of carbonyl (C=O) groups is 1. The Kier molecular flexibility index (Phi) is 5.91. The van der Waals surface area contributed by atoms with Crippen molar-refractivity contribution in [2.45, 2.75) is 44.8 Å². The van der Waals surface area contributed by atoms with E-state index >= 15 is 0 Å². The monoisotopic (exact) mass is 308 g/mol. The number of hydrogen-bond acceptors (Lipinski definition) is 3.